The van der Waals surface area contributed by atoms with Gasteiger partial charge in [0.1, 0.15) is 12.5 Å². The average Bonchev–Trinajstić information content (AvgIpc) is 3.60. The minimum atomic E-state index is -2.77. The lowest BCUT2D eigenvalue weighted by atomic mass is 9.76. The molecule has 12 heteroatoms. The summed E-state index contributed by atoms with van der Waals surface area (Å²) in [4.78, 5) is 29.4. The van der Waals surface area contributed by atoms with Gasteiger partial charge in [-0.2, -0.15) is 5.26 Å². The van der Waals surface area contributed by atoms with E-state index in [9.17, 15) is 33.7 Å². The van der Waals surface area contributed by atoms with Gasteiger partial charge in [0, 0.05) is 25.0 Å². The Bertz CT molecular complexity index is 1160. The summed E-state index contributed by atoms with van der Waals surface area (Å²) in [6, 6.07) is 9.57. The van der Waals surface area contributed by atoms with Crippen molar-refractivity contribution in [2.75, 3.05) is 26.2 Å². The van der Waals surface area contributed by atoms with Crippen LogP contribution in [0, 0.1) is 41.9 Å². The van der Waals surface area contributed by atoms with Crippen molar-refractivity contribution < 1.29 is 33.2 Å². The fourth-order valence-corrected chi connectivity index (χ4v) is 6.86. The van der Waals surface area contributed by atoms with Crippen LogP contribution in [0.5, 0.6) is 0 Å². The predicted molar refractivity (Wildman–Crippen MR) is 137 cm³/mol. The van der Waals surface area contributed by atoms with E-state index in [4.69, 9.17) is 4.74 Å². The molecule has 0 radical (unpaired) electrons. The SMILES string of the molecule is Cc1ccc(C[C@H](NC(=O)OC[C@@]23C4[C@@H](CN2C(=O)C(C#N)CC(C)(C)N2CCC(F)(F)C2)[C@H]43)B(O)O)cc1. The number of benzene rings is 1. The van der Waals surface area contributed by atoms with Crippen molar-refractivity contribution in [3.8, 4) is 6.07 Å². The van der Waals surface area contributed by atoms with Gasteiger partial charge in [0.25, 0.3) is 5.92 Å². The van der Waals surface area contributed by atoms with E-state index in [1.807, 2.05) is 31.2 Å². The number of aryl methyl sites for hydroxylation is 1. The Balaban J connectivity index is 1.18. The first kappa shape index (κ1) is 27.8. The standard InChI is InChI=1S/C27H35BF2N4O5/c1-16-4-6-17(7-5-16)10-20(28(37)38)32-24(36)39-15-27-21-19(22(21)27)13-34(27)23(35)18(12-31)11-25(2,3)33-9-8-26(29,30)14-33/h4-7,18-22,37-38H,8-11,13-15H2,1-3H3,(H,32,36)/t18?,19-,20-,21+,22?,27+/m0/s1. The van der Waals surface area contributed by atoms with Gasteiger partial charge < -0.3 is 25.0 Å². The molecule has 6 atom stereocenters. The van der Waals surface area contributed by atoms with E-state index in [1.165, 1.54) is 0 Å². The maximum Gasteiger partial charge on any atom is 0.475 e. The number of alkyl carbamates (subject to hydrolysis) is 1. The number of halogens is 2. The Kier molecular flexibility index (Phi) is 6.93. The number of alkyl halides is 2. The number of nitriles is 1. The average molecular weight is 544 g/mol. The summed E-state index contributed by atoms with van der Waals surface area (Å²) in [6.07, 6.45) is -0.731. The molecule has 3 saturated heterocycles. The molecule has 2 saturated carbocycles. The van der Waals surface area contributed by atoms with Crippen molar-refractivity contribution in [1.82, 2.24) is 15.1 Å². The van der Waals surface area contributed by atoms with E-state index in [-0.39, 0.29) is 56.7 Å². The van der Waals surface area contributed by atoms with Crippen LogP contribution in [0.3, 0.4) is 0 Å². The van der Waals surface area contributed by atoms with Crippen LogP contribution in [0.2, 0.25) is 0 Å². The lowest BCUT2D eigenvalue weighted by molar-refractivity contribution is -0.137. The number of rotatable bonds is 10. The van der Waals surface area contributed by atoms with Gasteiger partial charge in [-0.25, -0.2) is 13.6 Å². The summed E-state index contributed by atoms with van der Waals surface area (Å²) in [7, 11) is -1.80. The highest BCUT2D eigenvalue weighted by atomic mass is 19.3. The van der Waals surface area contributed by atoms with Gasteiger partial charge in [-0.05, 0) is 56.9 Å². The molecule has 5 fully saturated rings. The number of carbonyl (C=O) groups is 2. The van der Waals surface area contributed by atoms with Crippen LogP contribution in [0.1, 0.15) is 37.8 Å². The van der Waals surface area contributed by atoms with E-state index >= 15 is 0 Å². The van der Waals surface area contributed by atoms with Crippen LogP contribution in [0.4, 0.5) is 13.6 Å². The lowest BCUT2D eigenvalue weighted by Gasteiger charge is -2.38. The maximum atomic E-state index is 13.8. The summed E-state index contributed by atoms with van der Waals surface area (Å²) in [5.41, 5.74) is 0.485. The van der Waals surface area contributed by atoms with Crippen LogP contribution >= 0.6 is 0 Å². The van der Waals surface area contributed by atoms with Crippen LogP contribution < -0.4 is 5.32 Å². The molecule has 3 N–H and O–H groups in total. The summed E-state index contributed by atoms with van der Waals surface area (Å²) in [5.74, 6) is -4.31. The number of piperidine rings is 1. The Morgan fingerprint density at radius 3 is 2.51 bits per heavy atom. The molecule has 1 aromatic rings. The van der Waals surface area contributed by atoms with Gasteiger partial charge in [0.2, 0.25) is 5.91 Å². The normalized spacial score (nSPS) is 29.7. The van der Waals surface area contributed by atoms with Crippen LogP contribution in [0.15, 0.2) is 24.3 Å². The molecule has 9 nitrogen and oxygen atoms in total. The lowest BCUT2D eigenvalue weighted by Crippen LogP contribution is -2.51. The molecule has 3 aliphatic heterocycles. The van der Waals surface area contributed by atoms with Gasteiger partial charge in [0.05, 0.1) is 24.1 Å². The smallest absolute Gasteiger partial charge is 0.447 e. The molecule has 210 valence electrons. The number of nitrogens with zero attached hydrogens (tertiary/aromatic N) is 3. The highest BCUT2D eigenvalue weighted by Crippen LogP contribution is 2.83. The number of nitrogens with one attached hydrogen (secondary N) is 1. The molecule has 6 rings (SSSR count). The largest absolute Gasteiger partial charge is 0.475 e. The van der Waals surface area contributed by atoms with Crippen molar-refractivity contribution in [3.63, 3.8) is 0 Å². The minimum absolute atomic E-state index is 0.0466. The van der Waals surface area contributed by atoms with Crippen LogP contribution in [0.25, 0.3) is 0 Å². The molecule has 0 aromatic heterocycles. The first-order valence-electron chi connectivity index (χ1n) is 13.5. The number of fused-ring (bicyclic) bond motifs is 1. The summed E-state index contributed by atoms with van der Waals surface area (Å²) < 4.78 is 33.1. The Morgan fingerprint density at radius 1 is 1.28 bits per heavy atom. The van der Waals surface area contributed by atoms with E-state index in [0.29, 0.717) is 12.5 Å². The second kappa shape index (κ2) is 9.71. The topological polar surface area (TPSA) is 126 Å². The third-order valence-corrected chi connectivity index (χ3v) is 9.23. The summed E-state index contributed by atoms with van der Waals surface area (Å²) in [5, 5.41) is 31.9. The zero-order chi connectivity index (χ0) is 28.3. The van der Waals surface area contributed by atoms with Gasteiger partial charge in [-0.1, -0.05) is 29.8 Å². The molecule has 2 bridgehead atoms. The zero-order valence-corrected chi connectivity index (χ0v) is 22.4. The molecule has 2 aliphatic carbocycles. The third kappa shape index (κ3) is 5.12. The van der Waals surface area contributed by atoms with Crippen molar-refractivity contribution in [3.05, 3.63) is 35.4 Å². The molecule has 2 amide bonds. The number of likely N-dealkylation sites (tertiary alicyclic amines) is 1. The molecule has 39 heavy (non-hydrogen) atoms. The quantitative estimate of drug-likeness (QED) is 0.384. The fraction of sp³-hybridized carbons (Fsp3) is 0.667. The Hall–Kier alpha value is -2.75. The van der Waals surface area contributed by atoms with E-state index in [0.717, 1.165) is 11.1 Å². The second-order valence-electron chi connectivity index (χ2n) is 12.3. The van der Waals surface area contributed by atoms with Gasteiger partial charge in [-0.3, -0.25) is 9.69 Å². The van der Waals surface area contributed by atoms with Gasteiger partial charge >= 0.3 is 13.2 Å². The second-order valence-corrected chi connectivity index (χ2v) is 12.3. The zero-order valence-electron chi connectivity index (χ0n) is 22.4. The summed E-state index contributed by atoms with van der Waals surface area (Å²) >= 11 is 0. The Morgan fingerprint density at radius 2 is 1.95 bits per heavy atom. The first-order valence-corrected chi connectivity index (χ1v) is 13.5. The molecule has 5 aliphatic rings. The number of hydrogen-bond acceptors (Lipinski definition) is 7. The number of carbonyl (C=O) groups excluding carboxylic acids is 2. The molecular formula is C27H35BF2N4O5. The van der Waals surface area contributed by atoms with Crippen molar-refractivity contribution in [2.24, 2.45) is 23.7 Å². The highest BCUT2D eigenvalue weighted by molar-refractivity contribution is 6.43. The molecule has 1 aromatic carbocycles. The van der Waals surface area contributed by atoms with E-state index in [1.54, 1.807) is 23.6 Å². The minimum Gasteiger partial charge on any atom is -0.447 e. The third-order valence-electron chi connectivity index (χ3n) is 9.23. The fourth-order valence-electron chi connectivity index (χ4n) is 6.86. The predicted octanol–water partition coefficient (Wildman–Crippen LogP) is 1.75. The number of amides is 2. The van der Waals surface area contributed by atoms with Gasteiger partial charge in [-0.15, -0.1) is 0 Å². The van der Waals surface area contributed by atoms with Crippen LogP contribution in [-0.4, -0.2) is 88.1 Å². The monoisotopic (exact) mass is 544 g/mol. The van der Waals surface area contributed by atoms with Crippen molar-refractivity contribution in [1.29, 1.82) is 5.26 Å². The van der Waals surface area contributed by atoms with Crippen LogP contribution in [-0.2, 0) is 16.0 Å². The van der Waals surface area contributed by atoms with E-state index in [2.05, 4.69) is 11.4 Å². The molecular weight excluding hydrogens is 509 g/mol. The Labute approximate surface area is 227 Å². The first-order chi connectivity index (χ1) is 18.3. The van der Waals surface area contributed by atoms with Crippen molar-refractivity contribution in [2.45, 2.75) is 63.0 Å². The number of hydrogen-bond donors (Lipinski definition) is 3. The molecule has 3 heterocycles. The highest BCUT2D eigenvalue weighted by Gasteiger charge is 2.92. The van der Waals surface area contributed by atoms with E-state index < -0.39 is 42.1 Å². The van der Waals surface area contributed by atoms with Crippen molar-refractivity contribution >= 4 is 19.1 Å². The summed E-state index contributed by atoms with van der Waals surface area (Å²) in [6.45, 7) is 5.78. The molecule has 2 unspecified atom stereocenters. The van der Waals surface area contributed by atoms with Gasteiger partial charge in [0.15, 0.2) is 0 Å². The molecule has 0 spiro atoms. The maximum absolute atomic E-state index is 13.8. The number of ether oxygens (including phenoxy) is 1.